The van der Waals surface area contributed by atoms with Crippen LogP contribution in [0.1, 0.15) is 17.1 Å². The van der Waals surface area contributed by atoms with Crippen LogP contribution in [0.3, 0.4) is 0 Å². The molecule has 7 heteroatoms. The Kier molecular flexibility index (Phi) is 5.52. The normalized spacial score (nSPS) is 10.9. The zero-order valence-corrected chi connectivity index (χ0v) is 17.6. The predicted octanol–water partition coefficient (Wildman–Crippen LogP) is 4.08. The summed E-state index contributed by atoms with van der Waals surface area (Å²) in [4.78, 5) is 9.16. The maximum absolute atomic E-state index is 5.48. The van der Waals surface area contributed by atoms with Crippen LogP contribution in [0.15, 0.2) is 48.7 Å². The molecule has 7 nitrogen and oxygen atoms in total. The lowest BCUT2D eigenvalue weighted by Crippen LogP contribution is -2.10. The number of aryl methyl sites for hydroxylation is 2. The first-order valence-electron chi connectivity index (χ1n) is 9.84. The van der Waals surface area contributed by atoms with Crippen LogP contribution in [0.5, 0.6) is 11.5 Å². The first kappa shape index (κ1) is 19.7. The fraction of sp³-hybridized carbons (Fsp3) is 0.261. The zero-order valence-electron chi connectivity index (χ0n) is 17.6. The van der Waals surface area contributed by atoms with Gasteiger partial charge in [0.2, 0.25) is 0 Å². The summed E-state index contributed by atoms with van der Waals surface area (Å²) in [6.07, 6.45) is 2.64. The lowest BCUT2D eigenvalue weighted by molar-refractivity contribution is 0.355. The smallest absolute Gasteiger partial charge is 0.165 e. The van der Waals surface area contributed by atoms with Gasteiger partial charge in [-0.25, -0.2) is 4.98 Å². The minimum atomic E-state index is 0.676. The molecule has 3 aromatic heterocycles. The van der Waals surface area contributed by atoms with E-state index in [0.717, 1.165) is 52.6 Å². The third-order valence-electron chi connectivity index (χ3n) is 4.98. The molecule has 0 radical (unpaired) electrons. The van der Waals surface area contributed by atoms with Gasteiger partial charge in [0.25, 0.3) is 0 Å². The van der Waals surface area contributed by atoms with Crippen LogP contribution in [0.2, 0.25) is 0 Å². The molecule has 0 aliphatic carbocycles. The van der Waals surface area contributed by atoms with Gasteiger partial charge in [-0.3, -0.25) is 4.98 Å². The predicted molar refractivity (Wildman–Crippen MR) is 117 cm³/mol. The summed E-state index contributed by atoms with van der Waals surface area (Å²) < 4.78 is 12.7. The van der Waals surface area contributed by atoms with Crippen molar-refractivity contribution in [3.63, 3.8) is 0 Å². The molecule has 4 rings (SSSR count). The molecular formula is C23H25N5O2. The third-order valence-corrected chi connectivity index (χ3v) is 4.98. The number of methoxy groups -OCH3 is 2. The van der Waals surface area contributed by atoms with Crippen molar-refractivity contribution in [1.29, 1.82) is 0 Å². The molecule has 30 heavy (non-hydrogen) atoms. The molecule has 0 unspecified atom stereocenters. The summed E-state index contributed by atoms with van der Waals surface area (Å²) in [5.41, 5.74) is 5.64. The Morgan fingerprint density at radius 3 is 2.57 bits per heavy atom. The van der Waals surface area contributed by atoms with E-state index in [9.17, 15) is 0 Å². The van der Waals surface area contributed by atoms with Crippen LogP contribution < -0.4 is 14.8 Å². The van der Waals surface area contributed by atoms with Crippen LogP contribution in [-0.2, 0) is 6.42 Å². The van der Waals surface area contributed by atoms with Crippen molar-refractivity contribution < 1.29 is 9.47 Å². The average Bonchev–Trinajstić information content (AvgIpc) is 3.09. The minimum Gasteiger partial charge on any atom is -0.493 e. The maximum atomic E-state index is 5.48. The second kappa shape index (κ2) is 8.41. The minimum absolute atomic E-state index is 0.676. The number of anilines is 1. The van der Waals surface area contributed by atoms with Gasteiger partial charge in [0.15, 0.2) is 17.1 Å². The molecule has 0 aliphatic heterocycles. The van der Waals surface area contributed by atoms with Gasteiger partial charge in [-0.2, -0.15) is 9.61 Å². The number of ether oxygens (including phenoxy) is 2. The van der Waals surface area contributed by atoms with Crippen LogP contribution in [0.25, 0.3) is 16.8 Å². The summed E-state index contributed by atoms with van der Waals surface area (Å²) in [6.45, 7) is 4.73. The molecule has 0 spiro atoms. The van der Waals surface area contributed by atoms with E-state index in [-0.39, 0.29) is 0 Å². The first-order chi connectivity index (χ1) is 14.6. The van der Waals surface area contributed by atoms with Gasteiger partial charge in [0.05, 0.1) is 19.9 Å². The number of nitrogens with zero attached hydrogens (tertiary/aromatic N) is 4. The van der Waals surface area contributed by atoms with E-state index in [4.69, 9.17) is 19.6 Å². The molecule has 1 aromatic carbocycles. The lowest BCUT2D eigenvalue weighted by atomic mass is 10.1. The zero-order chi connectivity index (χ0) is 21.1. The fourth-order valence-corrected chi connectivity index (χ4v) is 3.56. The van der Waals surface area contributed by atoms with Crippen molar-refractivity contribution in [3.8, 4) is 22.6 Å². The van der Waals surface area contributed by atoms with E-state index in [2.05, 4.69) is 10.3 Å². The largest absolute Gasteiger partial charge is 0.493 e. The number of nitrogens with one attached hydrogen (secondary N) is 1. The Hall–Kier alpha value is -3.61. The SMILES string of the molecule is COc1ccc(-c2c(C)nn3c(NCCc4ccccn4)cc(C)nc23)cc1OC. The van der Waals surface area contributed by atoms with E-state index in [1.165, 1.54) is 0 Å². The molecule has 0 saturated carbocycles. The van der Waals surface area contributed by atoms with Crippen molar-refractivity contribution in [2.24, 2.45) is 0 Å². The van der Waals surface area contributed by atoms with E-state index < -0.39 is 0 Å². The van der Waals surface area contributed by atoms with Gasteiger partial charge in [-0.15, -0.1) is 0 Å². The monoisotopic (exact) mass is 403 g/mol. The standard InChI is InChI=1S/C23H25N5O2/c1-15-13-21(25-12-10-18-7-5-6-11-24-18)28-23(26-15)22(16(2)27-28)17-8-9-19(29-3)20(14-17)30-4/h5-9,11,13-14,25H,10,12H2,1-4H3. The first-order valence-corrected chi connectivity index (χ1v) is 9.84. The number of hydrogen-bond donors (Lipinski definition) is 1. The molecule has 1 N–H and O–H groups in total. The lowest BCUT2D eigenvalue weighted by Gasteiger charge is -2.11. The molecule has 0 amide bonds. The van der Waals surface area contributed by atoms with Gasteiger partial charge in [-0.05, 0) is 43.7 Å². The van der Waals surface area contributed by atoms with Gasteiger partial charge < -0.3 is 14.8 Å². The van der Waals surface area contributed by atoms with Crippen molar-refractivity contribution in [3.05, 3.63) is 65.7 Å². The highest BCUT2D eigenvalue weighted by Gasteiger charge is 2.17. The van der Waals surface area contributed by atoms with E-state index in [1.807, 2.05) is 67.0 Å². The highest BCUT2D eigenvalue weighted by molar-refractivity contribution is 5.82. The molecular weight excluding hydrogens is 378 g/mol. The van der Waals surface area contributed by atoms with E-state index in [1.54, 1.807) is 14.2 Å². The summed E-state index contributed by atoms with van der Waals surface area (Å²) in [7, 11) is 3.27. The van der Waals surface area contributed by atoms with E-state index in [0.29, 0.717) is 11.5 Å². The van der Waals surface area contributed by atoms with Crippen LogP contribution >= 0.6 is 0 Å². The summed E-state index contributed by atoms with van der Waals surface area (Å²) >= 11 is 0. The summed E-state index contributed by atoms with van der Waals surface area (Å²) in [6, 6.07) is 13.8. The quantitative estimate of drug-likeness (QED) is 0.501. The fourth-order valence-electron chi connectivity index (χ4n) is 3.56. The van der Waals surface area contributed by atoms with Crippen LogP contribution in [-0.4, -0.2) is 40.3 Å². The number of fused-ring (bicyclic) bond motifs is 1. The molecule has 4 aromatic rings. The highest BCUT2D eigenvalue weighted by Crippen LogP contribution is 2.35. The number of aromatic nitrogens is 4. The van der Waals surface area contributed by atoms with Crippen molar-refractivity contribution in [2.75, 3.05) is 26.1 Å². The van der Waals surface area contributed by atoms with Gasteiger partial charge >= 0.3 is 0 Å². The maximum Gasteiger partial charge on any atom is 0.165 e. The third kappa shape index (κ3) is 3.78. The Bertz CT molecular complexity index is 1170. The van der Waals surface area contributed by atoms with Crippen molar-refractivity contribution >= 4 is 11.5 Å². The number of pyridine rings is 1. The Labute approximate surface area is 175 Å². The molecule has 0 bridgehead atoms. The second-order valence-electron chi connectivity index (χ2n) is 7.05. The summed E-state index contributed by atoms with van der Waals surface area (Å²) in [5, 5.41) is 8.24. The van der Waals surface area contributed by atoms with Crippen molar-refractivity contribution in [1.82, 2.24) is 19.6 Å². The number of rotatable bonds is 7. The van der Waals surface area contributed by atoms with Gasteiger partial charge in [0.1, 0.15) is 5.82 Å². The topological polar surface area (TPSA) is 73.6 Å². The van der Waals surface area contributed by atoms with Crippen LogP contribution in [0, 0.1) is 13.8 Å². The molecule has 0 saturated heterocycles. The highest BCUT2D eigenvalue weighted by atomic mass is 16.5. The molecule has 154 valence electrons. The molecule has 0 atom stereocenters. The number of hydrogen-bond acceptors (Lipinski definition) is 6. The van der Waals surface area contributed by atoms with Gasteiger partial charge in [0, 0.05) is 42.2 Å². The van der Waals surface area contributed by atoms with Crippen LogP contribution in [0.4, 0.5) is 5.82 Å². The Morgan fingerprint density at radius 2 is 1.83 bits per heavy atom. The molecule has 0 aliphatic rings. The molecule has 0 fully saturated rings. The second-order valence-corrected chi connectivity index (χ2v) is 7.05. The molecule has 3 heterocycles. The van der Waals surface area contributed by atoms with E-state index >= 15 is 0 Å². The van der Waals surface area contributed by atoms with Gasteiger partial charge in [-0.1, -0.05) is 12.1 Å². The summed E-state index contributed by atoms with van der Waals surface area (Å²) in [5.74, 6) is 2.27. The number of benzene rings is 1. The Morgan fingerprint density at radius 1 is 1.00 bits per heavy atom. The van der Waals surface area contributed by atoms with Crippen molar-refractivity contribution in [2.45, 2.75) is 20.3 Å². The Balaban J connectivity index is 1.70. The average molecular weight is 403 g/mol.